The highest BCUT2D eigenvalue weighted by Gasteiger charge is 2.45. The standard InChI is InChI=1S/C18H27N3O3/c22-15-6-4-5-14(11-15)16(23)12-19-17(24)20-18(7-8-18)13-21-9-2-1-3-10-21/h4-6,11,16,22-23H,1-3,7-10,12-13H2,(H2,19,20,24)/t16-/m0/s1. The van der Waals surface area contributed by atoms with E-state index in [0.29, 0.717) is 5.56 Å². The third kappa shape index (κ3) is 4.61. The minimum Gasteiger partial charge on any atom is -0.508 e. The molecule has 0 unspecified atom stereocenters. The molecule has 0 bridgehead atoms. The van der Waals surface area contributed by atoms with Crippen molar-refractivity contribution in [2.45, 2.75) is 43.7 Å². The number of likely N-dealkylation sites (tertiary alicyclic amines) is 1. The molecule has 6 heteroatoms. The summed E-state index contributed by atoms with van der Waals surface area (Å²) in [4.78, 5) is 14.6. The molecule has 3 rings (SSSR count). The summed E-state index contributed by atoms with van der Waals surface area (Å²) in [6.45, 7) is 3.30. The molecule has 1 heterocycles. The lowest BCUT2D eigenvalue weighted by Gasteiger charge is -2.31. The summed E-state index contributed by atoms with van der Waals surface area (Å²) < 4.78 is 0. The minimum atomic E-state index is -0.833. The molecule has 1 aliphatic carbocycles. The SMILES string of the molecule is O=C(NC[C@H](O)c1cccc(O)c1)NC1(CN2CCCCC2)CC1. The van der Waals surface area contributed by atoms with Crippen molar-refractivity contribution in [2.75, 3.05) is 26.2 Å². The number of phenolic OH excluding ortho intramolecular Hbond substituents is 1. The van der Waals surface area contributed by atoms with Crippen LogP contribution in [-0.2, 0) is 0 Å². The van der Waals surface area contributed by atoms with Gasteiger partial charge in [0.15, 0.2) is 0 Å². The average molecular weight is 333 g/mol. The zero-order chi connectivity index (χ0) is 17.0. The molecule has 2 fully saturated rings. The van der Waals surface area contributed by atoms with Crippen molar-refractivity contribution in [3.8, 4) is 5.75 Å². The third-order valence-electron chi connectivity index (χ3n) is 4.92. The summed E-state index contributed by atoms with van der Waals surface area (Å²) in [5.41, 5.74) is 0.502. The number of phenols is 1. The molecule has 1 atom stereocenters. The first kappa shape index (κ1) is 17.0. The average Bonchev–Trinajstić information content (AvgIpc) is 3.32. The number of hydrogen-bond acceptors (Lipinski definition) is 4. The fourth-order valence-corrected chi connectivity index (χ4v) is 3.34. The van der Waals surface area contributed by atoms with Crippen LogP contribution in [0.5, 0.6) is 5.75 Å². The van der Waals surface area contributed by atoms with Gasteiger partial charge in [0.05, 0.1) is 11.6 Å². The maximum atomic E-state index is 12.1. The van der Waals surface area contributed by atoms with E-state index in [2.05, 4.69) is 15.5 Å². The van der Waals surface area contributed by atoms with Gasteiger partial charge < -0.3 is 25.7 Å². The summed E-state index contributed by atoms with van der Waals surface area (Å²) in [6, 6.07) is 6.22. The molecule has 6 nitrogen and oxygen atoms in total. The molecule has 1 saturated heterocycles. The molecular weight excluding hydrogens is 306 g/mol. The number of rotatable bonds is 6. The third-order valence-corrected chi connectivity index (χ3v) is 4.92. The predicted molar refractivity (Wildman–Crippen MR) is 91.9 cm³/mol. The summed E-state index contributed by atoms with van der Waals surface area (Å²) in [7, 11) is 0. The van der Waals surface area contributed by atoms with Crippen molar-refractivity contribution < 1.29 is 15.0 Å². The molecule has 1 saturated carbocycles. The van der Waals surface area contributed by atoms with Crippen molar-refractivity contribution in [1.29, 1.82) is 0 Å². The summed E-state index contributed by atoms with van der Waals surface area (Å²) in [5.74, 6) is 0.106. The highest BCUT2D eigenvalue weighted by molar-refractivity contribution is 5.75. The molecule has 2 aliphatic rings. The van der Waals surface area contributed by atoms with Crippen molar-refractivity contribution in [3.05, 3.63) is 29.8 Å². The maximum Gasteiger partial charge on any atom is 0.315 e. The van der Waals surface area contributed by atoms with Crippen LogP contribution in [0.25, 0.3) is 0 Å². The van der Waals surface area contributed by atoms with Gasteiger partial charge in [-0.05, 0) is 56.5 Å². The van der Waals surface area contributed by atoms with Crippen LogP contribution in [0.2, 0.25) is 0 Å². The number of amides is 2. The topological polar surface area (TPSA) is 84.8 Å². The fourth-order valence-electron chi connectivity index (χ4n) is 3.34. The second-order valence-corrected chi connectivity index (χ2v) is 7.06. The minimum absolute atomic E-state index is 0.0859. The molecule has 0 radical (unpaired) electrons. The lowest BCUT2D eigenvalue weighted by Crippen LogP contribution is -2.50. The van der Waals surface area contributed by atoms with Gasteiger partial charge in [-0.25, -0.2) is 4.79 Å². The Morgan fingerprint density at radius 2 is 2.00 bits per heavy atom. The Hall–Kier alpha value is -1.79. The quantitative estimate of drug-likeness (QED) is 0.639. The van der Waals surface area contributed by atoms with E-state index in [4.69, 9.17) is 0 Å². The van der Waals surface area contributed by atoms with E-state index >= 15 is 0 Å². The van der Waals surface area contributed by atoms with Gasteiger partial charge in [0.25, 0.3) is 0 Å². The zero-order valence-electron chi connectivity index (χ0n) is 14.0. The number of nitrogens with one attached hydrogen (secondary N) is 2. The molecule has 4 N–H and O–H groups in total. The molecule has 2 amide bonds. The molecule has 0 aromatic heterocycles. The van der Waals surface area contributed by atoms with Crippen molar-refractivity contribution in [3.63, 3.8) is 0 Å². The zero-order valence-corrected chi connectivity index (χ0v) is 14.0. The molecule has 1 aromatic carbocycles. The van der Waals surface area contributed by atoms with E-state index in [0.717, 1.165) is 32.5 Å². The van der Waals surface area contributed by atoms with Crippen LogP contribution in [0, 0.1) is 0 Å². The molecule has 132 valence electrons. The number of nitrogens with zero attached hydrogens (tertiary/aromatic N) is 1. The summed E-state index contributed by atoms with van der Waals surface area (Å²) in [5, 5.41) is 25.4. The first-order chi connectivity index (χ1) is 11.6. The monoisotopic (exact) mass is 333 g/mol. The summed E-state index contributed by atoms with van der Waals surface area (Å²) in [6.07, 6.45) is 5.01. The van der Waals surface area contributed by atoms with Gasteiger partial charge in [-0.1, -0.05) is 18.6 Å². The molecule has 24 heavy (non-hydrogen) atoms. The van der Waals surface area contributed by atoms with Crippen LogP contribution in [0.3, 0.4) is 0 Å². The van der Waals surface area contributed by atoms with Gasteiger partial charge in [0.1, 0.15) is 5.75 Å². The van der Waals surface area contributed by atoms with Crippen LogP contribution in [0.15, 0.2) is 24.3 Å². The van der Waals surface area contributed by atoms with Gasteiger partial charge in [0.2, 0.25) is 0 Å². The number of carbonyl (C=O) groups excluding carboxylic acids is 1. The Balaban J connectivity index is 1.43. The van der Waals surface area contributed by atoms with Gasteiger partial charge in [-0.15, -0.1) is 0 Å². The number of aliphatic hydroxyl groups is 1. The number of aromatic hydroxyl groups is 1. The molecule has 1 aliphatic heterocycles. The number of aliphatic hydroxyl groups excluding tert-OH is 1. The number of benzene rings is 1. The smallest absolute Gasteiger partial charge is 0.315 e. The number of hydrogen-bond donors (Lipinski definition) is 4. The second kappa shape index (κ2) is 7.40. The maximum absolute atomic E-state index is 12.1. The Morgan fingerprint density at radius 3 is 2.67 bits per heavy atom. The van der Waals surface area contributed by atoms with E-state index in [1.165, 1.54) is 25.3 Å². The van der Waals surface area contributed by atoms with Crippen LogP contribution in [0.4, 0.5) is 4.79 Å². The van der Waals surface area contributed by atoms with E-state index in [-0.39, 0.29) is 23.9 Å². The Labute approximate surface area is 142 Å². The van der Waals surface area contributed by atoms with Crippen LogP contribution < -0.4 is 10.6 Å². The lowest BCUT2D eigenvalue weighted by atomic mass is 10.1. The number of piperidine rings is 1. The van der Waals surface area contributed by atoms with E-state index in [1.807, 2.05) is 0 Å². The fraction of sp³-hybridized carbons (Fsp3) is 0.611. The molecular formula is C18H27N3O3. The van der Waals surface area contributed by atoms with Crippen LogP contribution in [-0.4, -0.2) is 52.9 Å². The molecule has 0 spiro atoms. The Bertz CT molecular complexity index is 568. The predicted octanol–water partition coefficient (Wildman–Crippen LogP) is 1.74. The van der Waals surface area contributed by atoms with Gasteiger partial charge in [0, 0.05) is 13.1 Å². The van der Waals surface area contributed by atoms with Gasteiger partial charge >= 0.3 is 6.03 Å². The Kier molecular flexibility index (Phi) is 5.26. The van der Waals surface area contributed by atoms with Crippen LogP contribution in [0.1, 0.15) is 43.8 Å². The lowest BCUT2D eigenvalue weighted by molar-refractivity contribution is 0.168. The van der Waals surface area contributed by atoms with E-state index in [1.54, 1.807) is 18.2 Å². The first-order valence-corrected chi connectivity index (χ1v) is 8.82. The van der Waals surface area contributed by atoms with Gasteiger partial charge in [-0.2, -0.15) is 0 Å². The van der Waals surface area contributed by atoms with Crippen molar-refractivity contribution >= 4 is 6.03 Å². The number of urea groups is 1. The van der Waals surface area contributed by atoms with Crippen LogP contribution >= 0.6 is 0 Å². The van der Waals surface area contributed by atoms with Crippen molar-refractivity contribution in [1.82, 2.24) is 15.5 Å². The summed E-state index contributed by atoms with van der Waals surface area (Å²) >= 11 is 0. The molecule has 1 aromatic rings. The number of carbonyl (C=O) groups is 1. The van der Waals surface area contributed by atoms with Crippen molar-refractivity contribution in [2.24, 2.45) is 0 Å². The largest absolute Gasteiger partial charge is 0.508 e. The second-order valence-electron chi connectivity index (χ2n) is 7.06. The van der Waals surface area contributed by atoms with E-state index in [9.17, 15) is 15.0 Å². The normalized spacial score (nSPS) is 21.0. The van der Waals surface area contributed by atoms with E-state index < -0.39 is 6.10 Å². The Morgan fingerprint density at radius 1 is 1.25 bits per heavy atom. The highest BCUT2D eigenvalue weighted by Crippen LogP contribution is 2.36. The first-order valence-electron chi connectivity index (χ1n) is 8.82. The highest BCUT2D eigenvalue weighted by atomic mass is 16.3. The van der Waals surface area contributed by atoms with Gasteiger partial charge in [-0.3, -0.25) is 0 Å².